The highest BCUT2D eigenvalue weighted by atomic mass is 19.1. The van der Waals surface area contributed by atoms with E-state index < -0.39 is 11.6 Å². The largest absolute Gasteiger partial charge is 0.478 e. The molecule has 0 bridgehead atoms. The molecule has 1 amide bonds. The van der Waals surface area contributed by atoms with Gasteiger partial charge < -0.3 is 15.0 Å². The molecule has 170 valence electrons. The van der Waals surface area contributed by atoms with Crippen molar-refractivity contribution in [3.8, 4) is 17.0 Å². The van der Waals surface area contributed by atoms with Crippen LogP contribution in [0.15, 0.2) is 36.5 Å². The predicted octanol–water partition coefficient (Wildman–Crippen LogP) is 3.79. The molecular formula is C25H24F2N4O2. The van der Waals surface area contributed by atoms with Crippen molar-refractivity contribution < 1.29 is 18.3 Å². The van der Waals surface area contributed by atoms with E-state index in [1.165, 1.54) is 22.1 Å². The number of hydrogen-bond acceptors (Lipinski definition) is 5. The van der Waals surface area contributed by atoms with E-state index in [9.17, 15) is 13.6 Å². The Morgan fingerprint density at radius 2 is 2.00 bits per heavy atom. The van der Waals surface area contributed by atoms with Gasteiger partial charge in [-0.25, -0.2) is 18.7 Å². The summed E-state index contributed by atoms with van der Waals surface area (Å²) in [6.45, 7) is 5.22. The summed E-state index contributed by atoms with van der Waals surface area (Å²) in [5, 5.41) is 3.36. The lowest BCUT2D eigenvalue weighted by Gasteiger charge is -2.33. The number of carbonyl (C=O) groups is 1. The number of amides is 1. The number of fused-ring (bicyclic) bond motifs is 2. The highest BCUT2D eigenvalue weighted by Crippen LogP contribution is 2.39. The standard InChI is InChI=1S/C25H24F2N4O2/c1-14(2)31-21-10-17(9-19(26)25(21)33-13-23(31)32)24-20(27)12-29-22(30-24)8-15-3-4-16-5-6-28-11-18(16)7-15/h3-4,7,9-10,12,14,28H,5-6,8,11,13H2,1-2H3. The van der Waals surface area contributed by atoms with Gasteiger partial charge in [-0.3, -0.25) is 4.79 Å². The fourth-order valence-corrected chi connectivity index (χ4v) is 4.46. The minimum atomic E-state index is -0.664. The molecule has 3 aromatic rings. The van der Waals surface area contributed by atoms with Crippen LogP contribution < -0.4 is 15.0 Å². The molecule has 5 rings (SSSR count). The van der Waals surface area contributed by atoms with E-state index in [2.05, 4.69) is 27.4 Å². The molecule has 6 nitrogen and oxygen atoms in total. The molecule has 33 heavy (non-hydrogen) atoms. The first-order chi connectivity index (χ1) is 15.9. The summed E-state index contributed by atoms with van der Waals surface area (Å²) >= 11 is 0. The Morgan fingerprint density at radius 3 is 2.82 bits per heavy atom. The molecule has 0 spiro atoms. The van der Waals surface area contributed by atoms with E-state index >= 15 is 0 Å². The van der Waals surface area contributed by atoms with Crippen molar-refractivity contribution in [1.82, 2.24) is 15.3 Å². The topological polar surface area (TPSA) is 67.4 Å². The zero-order valence-corrected chi connectivity index (χ0v) is 18.5. The lowest BCUT2D eigenvalue weighted by Crippen LogP contribution is -2.43. The fraction of sp³-hybridized carbons (Fsp3) is 0.320. The minimum absolute atomic E-state index is 0.00981. The third kappa shape index (κ3) is 4.06. The SMILES string of the molecule is CC(C)N1C(=O)COc2c(F)cc(-c3nc(Cc4ccc5c(c4)CNCC5)ncc3F)cc21. The average molecular weight is 450 g/mol. The van der Waals surface area contributed by atoms with Gasteiger partial charge in [0.1, 0.15) is 11.5 Å². The number of carbonyl (C=O) groups excluding carboxylic acids is 1. The number of anilines is 1. The third-order valence-electron chi connectivity index (χ3n) is 6.00. The van der Waals surface area contributed by atoms with Gasteiger partial charge in [0.05, 0.1) is 11.9 Å². The van der Waals surface area contributed by atoms with Crippen LogP contribution in [0.2, 0.25) is 0 Å². The molecule has 2 aliphatic rings. The van der Waals surface area contributed by atoms with Crippen LogP contribution in [0.1, 0.15) is 36.4 Å². The second-order valence-corrected chi connectivity index (χ2v) is 8.64. The molecule has 0 saturated heterocycles. The lowest BCUT2D eigenvalue weighted by molar-refractivity contribution is -0.121. The van der Waals surface area contributed by atoms with E-state index in [4.69, 9.17) is 4.74 Å². The Labute approximate surface area is 190 Å². The molecule has 0 fully saturated rings. The second kappa shape index (κ2) is 8.51. The van der Waals surface area contributed by atoms with Crippen LogP contribution in [-0.2, 0) is 24.2 Å². The van der Waals surface area contributed by atoms with Gasteiger partial charge >= 0.3 is 0 Å². The Balaban J connectivity index is 1.51. The van der Waals surface area contributed by atoms with Gasteiger partial charge in [-0.05, 0) is 55.6 Å². The van der Waals surface area contributed by atoms with Crippen molar-refractivity contribution in [2.45, 2.75) is 39.3 Å². The highest BCUT2D eigenvalue weighted by Gasteiger charge is 2.31. The van der Waals surface area contributed by atoms with Crippen molar-refractivity contribution >= 4 is 11.6 Å². The van der Waals surface area contributed by atoms with Crippen molar-refractivity contribution in [2.75, 3.05) is 18.1 Å². The van der Waals surface area contributed by atoms with Crippen LogP contribution in [0.5, 0.6) is 5.75 Å². The first kappa shape index (κ1) is 21.5. The number of aromatic nitrogens is 2. The Hall–Kier alpha value is -3.39. The minimum Gasteiger partial charge on any atom is -0.478 e. The maximum Gasteiger partial charge on any atom is 0.265 e. The first-order valence-electron chi connectivity index (χ1n) is 11.0. The number of hydrogen-bond donors (Lipinski definition) is 1. The number of benzene rings is 2. The molecule has 3 heterocycles. The van der Waals surface area contributed by atoms with Crippen LogP contribution in [0.4, 0.5) is 14.5 Å². The summed E-state index contributed by atoms with van der Waals surface area (Å²) in [7, 11) is 0. The highest BCUT2D eigenvalue weighted by molar-refractivity contribution is 5.99. The summed E-state index contributed by atoms with van der Waals surface area (Å²) < 4.78 is 35.0. The molecular weight excluding hydrogens is 426 g/mol. The van der Waals surface area contributed by atoms with Crippen molar-refractivity contribution in [2.24, 2.45) is 0 Å². The summed E-state index contributed by atoms with van der Waals surface area (Å²) in [4.78, 5) is 22.4. The van der Waals surface area contributed by atoms with Crippen molar-refractivity contribution in [3.05, 3.63) is 70.7 Å². The Bertz CT molecular complexity index is 1250. The molecule has 1 N–H and O–H groups in total. The van der Waals surface area contributed by atoms with E-state index in [-0.39, 0.29) is 41.3 Å². The molecule has 2 aliphatic heterocycles. The molecule has 1 aromatic heterocycles. The van der Waals surface area contributed by atoms with E-state index in [0.717, 1.165) is 31.3 Å². The molecule has 0 radical (unpaired) electrons. The van der Waals surface area contributed by atoms with Crippen molar-refractivity contribution in [3.63, 3.8) is 0 Å². The summed E-state index contributed by atoms with van der Waals surface area (Å²) in [6.07, 6.45) is 2.53. The first-order valence-corrected chi connectivity index (χ1v) is 11.0. The number of halogens is 2. The van der Waals surface area contributed by atoms with Crippen LogP contribution in [0.3, 0.4) is 0 Å². The van der Waals surface area contributed by atoms with Crippen LogP contribution in [-0.4, -0.2) is 35.1 Å². The van der Waals surface area contributed by atoms with E-state index in [1.54, 1.807) is 6.07 Å². The quantitative estimate of drug-likeness (QED) is 0.655. The predicted molar refractivity (Wildman–Crippen MR) is 120 cm³/mol. The van der Waals surface area contributed by atoms with Gasteiger partial charge in [0.25, 0.3) is 5.91 Å². The smallest absolute Gasteiger partial charge is 0.265 e. The monoisotopic (exact) mass is 450 g/mol. The Kier molecular flexibility index (Phi) is 5.54. The molecule has 0 atom stereocenters. The molecule has 8 heteroatoms. The number of rotatable bonds is 4. The average Bonchev–Trinajstić information content (AvgIpc) is 2.79. The van der Waals surface area contributed by atoms with E-state index in [0.29, 0.717) is 12.2 Å². The molecule has 0 aliphatic carbocycles. The summed E-state index contributed by atoms with van der Waals surface area (Å²) in [5.41, 5.74) is 4.09. The molecule has 0 unspecified atom stereocenters. The summed E-state index contributed by atoms with van der Waals surface area (Å²) in [6, 6.07) is 8.81. The zero-order valence-electron chi connectivity index (χ0n) is 18.5. The van der Waals surface area contributed by atoms with Gasteiger partial charge in [-0.15, -0.1) is 0 Å². The molecule has 0 saturated carbocycles. The number of nitrogens with zero attached hydrogens (tertiary/aromatic N) is 3. The maximum absolute atomic E-state index is 14.9. The lowest BCUT2D eigenvalue weighted by atomic mass is 9.97. The van der Waals surface area contributed by atoms with Crippen LogP contribution >= 0.6 is 0 Å². The van der Waals surface area contributed by atoms with Gasteiger partial charge in [0.15, 0.2) is 24.0 Å². The van der Waals surface area contributed by atoms with Gasteiger partial charge in [-0.2, -0.15) is 0 Å². The second-order valence-electron chi connectivity index (χ2n) is 8.64. The third-order valence-corrected chi connectivity index (χ3v) is 6.00. The van der Waals surface area contributed by atoms with Gasteiger partial charge in [0, 0.05) is 24.6 Å². The zero-order chi connectivity index (χ0) is 23.1. The number of nitrogens with one attached hydrogen (secondary N) is 1. The van der Waals surface area contributed by atoms with Crippen LogP contribution in [0, 0.1) is 11.6 Å². The number of ether oxygens (including phenoxy) is 1. The summed E-state index contributed by atoms with van der Waals surface area (Å²) in [5.74, 6) is -1.18. The maximum atomic E-state index is 14.9. The van der Waals surface area contributed by atoms with E-state index in [1.807, 2.05) is 19.9 Å². The van der Waals surface area contributed by atoms with Crippen molar-refractivity contribution in [1.29, 1.82) is 0 Å². The van der Waals surface area contributed by atoms with Gasteiger partial charge in [-0.1, -0.05) is 18.2 Å². The normalized spacial score (nSPS) is 15.3. The van der Waals surface area contributed by atoms with Crippen LogP contribution in [0.25, 0.3) is 11.3 Å². The fourth-order valence-electron chi connectivity index (χ4n) is 4.46. The van der Waals surface area contributed by atoms with Gasteiger partial charge in [0.2, 0.25) is 0 Å². The molecule has 2 aromatic carbocycles. The Morgan fingerprint density at radius 1 is 1.15 bits per heavy atom.